The molecule has 0 aliphatic rings. The summed E-state index contributed by atoms with van der Waals surface area (Å²) in [5.74, 6) is -0.262. The van der Waals surface area contributed by atoms with Crippen LogP contribution < -0.4 is 0 Å². The van der Waals surface area contributed by atoms with Crippen LogP contribution in [0.15, 0.2) is 57.9 Å². The van der Waals surface area contributed by atoms with Gasteiger partial charge in [0, 0.05) is 22.2 Å². The van der Waals surface area contributed by atoms with E-state index in [1.54, 1.807) is 12.1 Å². The Labute approximate surface area is 127 Å². The smallest absolute Gasteiger partial charge is 0.163 e. The Morgan fingerprint density at radius 1 is 1.10 bits per heavy atom. The maximum atomic E-state index is 12.8. The minimum Gasteiger partial charge on any atom is -0.294 e. The van der Waals surface area contributed by atoms with Crippen molar-refractivity contribution in [1.82, 2.24) is 0 Å². The van der Waals surface area contributed by atoms with Gasteiger partial charge in [0.25, 0.3) is 0 Å². The van der Waals surface area contributed by atoms with Crippen LogP contribution in [0.3, 0.4) is 0 Å². The molecular formula is C15H12BrFO2S. The van der Waals surface area contributed by atoms with Crippen molar-refractivity contribution >= 4 is 32.5 Å². The highest BCUT2D eigenvalue weighted by atomic mass is 79.9. The molecule has 5 heteroatoms. The van der Waals surface area contributed by atoms with Crippen molar-refractivity contribution < 1.29 is 13.4 Å². The third kappa shape index (κ3) is 3.84. The van der Waals surface area contributed by atoms with E-state index < -0.39 is 10.8 Å². The molecule has 0 aromatic heterocycles. The second-order valence-electron chi connectivity index (χ2n) is 4.16. The summed E-state index contributed by atoms with van der Waals surface area (Å²) < 4.78 is 25.7. The second kappa shape index (κ2) is 6.90. The summed E-state index contributed by atoms with van der Waals surface area (Å²) >= 11 is 3.34. The number of hydrogen-bond donors (Lipinski definition) is 0. The molecule has 0 heterocycles. The molecular weight excluding hydrogens is 343 g/mol. The molecule has 0 amide bonds. The summed E-state index contributed by atoms with van der Waals surface area (Å²) in [4.78, 5) is 12.6. The molecule has 104 valence electrons. The molecule has 0 N–H and O–H groups in total. The van der Waals surface area contributed by atoms with Gasteiger partial charge in [-0.25, -0.2) is 4.39 Å². The number of hydrogen-bond acceptors (Lipinski definition) is 2. The van der Waals surface area contributed by atoms with E-state index in [4.69, 9.17) is 0 Å². The zero-order chi connectivity index (χ0) is 14.5. The van der Waals surface area contributed by atoms with E-state index in [1.807, 2.05) is 12.1 Å². The first kappa shape index (κ1) is 15.1. The molecule has 20 heavy (non-hydrogen) atoms. The molecule has 1 atom stereocenters. The summed E-state index contributed by atoms with van der Waals surface area (Å²) in [6.07, 6.45) is 0.166. The van der Waals surface area contributed by atoms with Crippen LogP contribution in [0, 0.1) is 5.82 Å². The molecule has 0 fully saturated rings. The van der Waals surface area contributed by atoms with Gasteiger partial charge in [0.15, 0.2) is 5.78 Å². The van der Waals surface area contributed by atoms with E-state index in [9.17, 15) is 13.4 Å². The first-order valence-corrected chi connectivity index (χ1v) is 8.11. The Bertz CT molecular complexity index is 641. The highest BCUT2D eigenvalue weighted by Gasteiger charge is 2.11. The number of Topliss-reactive ketones (excluding diaryl/α,β-unsaturated/α-hetero) is 1. The van der Waals surface area contributed by atoms with Crippen LogP contribution >= 0.6 is 15.9 Å². The highest BCUT2D eigenvalue weighted by molar-refractivity contribution is 9.10. The first-order valence-electron chi connectivity index (χ1n) is 5.99. The lowest BCUT2D eigenvalue weighted by atomic mass is 10.1. The molecule has 2 nitrogen and oxygen atoms in total. The molecule has 0 bridgehead atoms. The van der Waals surface area contributed by atoms with Crippen LogP contribution in [0.4, 0.5) is 4.39 Å². The molecule has 0 aliphatic heterocycles. The van der Waals surface area contributed by atoms with Crippen LogP contribution in [0.2, 0.25) is 0 Å². The Kier molecular flexibility index (Phi) is 5.20. The van der Waals surface area contributed by atoms with Gasteiger partial charge in [-0.1, -0.05) is 12.1 Å². The van der Waals surface area contributed by atoms with Crippen molar-refractivity contribution in [3.63, 3.8) is 0 Å². The number of ketones is 1. The van der Waals surface area contributed by atoms with Gasteiger partial charge in [-0.3, -0.25) is 9.00 Å². The Balaban J connectivity index is 1.99. The quantitative estimate of drug-likeness (QED) is 0.761. The van der Waals surface area contributed by atoms with Crippen LogP contribution in [0.5, 0.6) is 0 Å². The van der Waals surface area contributed by atoms with Crippen molar-refractivity contribution in [2.24, 2.45) is 0 Å². The summed E-state index contributed by atoms with van der Waals surface area (Å²) in [6.45, 7) is 0. The molecule has 2 rings (SSSR count). The van der Waals surface area contributed by atoms with Gasteiger partial charge >= 0.3 is 0 Å². The lowest BCUT2D eigenvalue weighted by Crippen LogP contribution is -2.07. The molecule has 2 aromatic carbocycles. The van der Waals surface area contributed by atoms with Gasteiger partial charge in [0.05, 0.1) is 15.7 Å². The maximum absolute atomic E-state index is 12.8. The fourth-order valence-electron chi connectivity index (χ4n) is 1.70. The topological polar surface area (TPSA) is 34.1 Å². The minimum atomic E-state index is -1.24. The highest BCUT2D eigenvalue weighted by Crippen LogP contribution is 2.20. The van der Waals surface area contributed by atoms with Gasteiger partial charge in [-0.2, -0.15) is 0 Å². The Morgan fingerprint density at radius 3 is 2.40 bits per heavy atom. The van der Waals surface area contributed by atoms with Gasteiger partial charge in [0.1, 0.15) is 5.82 Å². The van der Waals surface area contributed by atoms with Crippen molar-refractivity contribution in [2.45, 2.75) is 11.3 Å². The van der Waals surface area contributed by atoms with Gasteiger partial charge in [-0.05, 0) is 52.3 Å². The molecule has 0 saturated carbocycles. The van der Waals surface area contributed by atoms with Crippen molar-refractivity contribution in [3.05, 3.63) is 64.4 Å². The average molecular weight is 355 g/mol. The Hall–Kier alpha value is -1.33. The van der Waals surface area contributed by atoms with E-state index in [0.29, 0.717) is 10.5 Å². The third-order valence-electron chi connectivity index (χ3n) is 2.76. The normalized spacial score (nSPS) is 12.1. The van der Waals surface area contributed by atoms with E-state index in [-0.39, 0.29) is 23.8 Å². The number of benzene rings is 2. The summed E-state index contributed by atoms with van der Waals surface area (Å²) in [5, 5.41) is 0. The van der Waals surface area contributed by atoms with Crippen molar-refractivity contribution in [1.29, 1.82) is 0 Å². The van der Waals surface area contributed by atoms with E-state index in [0.717, 1.165) is 4.47 Å². The molecule has 0 spiro atoms. The molecule has 0 saturated heterocycles. The van der Waals surface area contributed by atoms with Gasteiger partial charge < -0.3 is 0 Å². The van der Waals surface area contributed by atoms with Gasteiger partial charge in [0.2, 0.25) is 0 Å². The van der Waals surface area contributed by atoms with Crippen LogP contribution in [0.25, 0.3) is 0 Å². The maximum Gasteiger partial charge on any atom is 0.163 e. The molecule has 1 unspecified atom stereocenters. The fraction of sp³-hybridized carbons (Fsp3) is 0.133. The van der Waals surface area contributed by atoms with E-state index >= 15 is 0 Å². The van der Waals surface area contributed by atoms with Crippen molar-refractivity contribution in [2.75, 3.05) is 5.75 Å². The number of halogens is 2. The molecule has 2 aromatic rings. The van der Waals surface area contributed by atoms with E-state index in [2.05, 4.69) is 15.9 Å². The number of carbonyl (C=O) groups excluding carboxylic acids is 1. The minimum absolute atomic E-state index is 0.134. The second-order valence-corrected chi connectivity index (χ2v) is 6.55. The summed E-state index contributed by atoms with van der Waals surface area (Å²) in [7, 11) is -1.24. The molecule has 0 radical (unpaired) electrons. The lowest BCUT2D eigenvalue weighted by Gasteiger charge is -2.04. The largest absolute Gasteiger partial charge is 0.294 e. The Morgan fingerprint density at radius 2 is 1.75 bits per heavy atom. The summed E-state index contributed by atoms with van der Waals surface area (Å²) in [5.41, 5.74) is 0.440. The number of rotatable bonds is 5. The monoisotopic (exact) mass is 354 g/mol. The third-order valence-corrected chi connectivity index (χ3v) is 5.14. The van der Waals surface area contributed by atoms with Crippen LogP contribution in [-0.2, 0) is 10.8 Å². The first-order chi connectivity index (χ1) is 9.58. The van der Waals surface area contributed by atoms with Crippen molar-refractivity contribution in [3.8, 4) is 0 Å². The average Bonchev–Trinajstić information content (AvgIpc) is 2.45. The SMILES string of the molecule is O=C(CCS(=O)c1ccccc1Br)c1ccc(F)cc1. The predicted octanol–water partition coefficient (Wildman–Crippen LogP) is 3.97. The van der Waals surface area contributed by atoms with E-state index in [1.165, 1.54) is 24.3 Å². The fourth-order valence-corrected chi connectivity index (χ4v) is 3.64. The lowest BCUT2D eigenvalue weighted by molar-refractivity contribution is 0.0989. The standard InChI is InChI=1S/C15H12BrFO2S/c16-13-3-1-2-4-15(13)20(19)10-9-14(18)11-5-7-12(17)8-6-11/h1-8H,9-10H2. The van der Waals surface area contributed by atoms with Gasteiger partial charge in [-0.15, -0.1) is 0 Å². The zero-order valence-electron chi connectivity index (χ0n) is 10.5. The predicted molar refractivity (Wildman–Crippen MR) is 80.8 cm³/mol. The number of carbonyl (C=O) groups is 1. The summed E-state index contributed by atoms with van der Waals surface area (Å²) in [6, 6.07) is 12.6. The van der Waals surface area contributed by atoms with Crippen LogP contribution in [-0.4, -0.2) is 15.7 Å². The van der Waals surface area contributed by atoms with Crippen LogP contribution in [0.1, 0.15) is 16.8 Å². The zero-order valence-corrected chi connectivity index (χ0v) is 12.9. The molecule has 0 aliphatic carbocycles.